The molecule has 0 aliphatic carbocycles. The van der Waals surface area contributed by atoms with E-state index in [9.17, 15) is 4.79 Å². The van der Waals surface area contributed by atoms with Crippen molar-refractivity contribution in [1.29, 1.82) is 0 Å². The summed E-state index contributed by atoms with van der Waals surface area (Å²) in [6.45, 7) is 5.72. The van der Waals surface area contributed by atoms with E-state index in [2.05, 4.69) is 25.7 Å². The van der Waals surface area contributed by atoms with Gasteiger partial charge in [0, 0.05) is 13.0 Å². The lowest BCUT2D eigenvalue weighted by Gasteiger charge is -2.19. The average Bonchev–Trinajstić information content (AvgIpc) is 3.03. The van der Waals surface area contributed by atoms with Crippen molar-refractivity contribution in [1.82, 2.24) is 25.1 Å². The number of carbonyl (C=O) groups excluding carboxylic acids is 1. The van der Waals surface area contributed by atoms with Gasteiger partial charge in [0.05, 0.1) is 10.7 Å². The van der Waals surface area contributed by atoms with Crippen LogP contribution in [0.3, 0.4) is 0 Å². The van der Waals surface area contributed by atoms with Gasteiger partial charge in [0.25, 0.3) is 5.91 Å². The zero-order valence-corrected chi connectivity index (χ0v) is 13.8. The molecule has 1 amide bonds. The molecule has 8 heteroatoms. The minimum atomic E-state index is -0.171. The van der Waals surface area contributed by atoms with Crippen molar-refractivity contribution in [3.05, 3.63) is 21.4 Å². The van der Waals surface area contributed by atoms with Crippen LogP contribution in [0.1, 0.15) is 45.0 Å². The van der Waals surface area contributed by atoms with E-state index in [4.69, 9.17) is 0 Å². The van der Waals surface area contributed by atoms with Crippen LogP contribution in [0.4, 0.5) is 5.95 Å². The second-order valence-electron chi connectivity index (χ2n) is 5.54. The average molecular weight is 320 g/mol. The summed E-state index contributed by atoms with van der Waals surface area (Å²) in [5.74, 6) is 1.50. The number of hydrogen-bond donors (Lipinski definition) is 2. The predicted octanol–water partition coefficient (Wildman–Crippen LogP) is 1.61. The Morgan fingerprint density at radius 2 is 2.05 bits per heavy atom. The van der Waals surface area contributed by atoms with Gasteiger partial charge in [0.15, 0.2) is 5.82 Å². The molecule has 0 aromatic carbocycles. The lowest BCUT2D eigenvalue weighted by molar-refractivity contribution is 0.102. The third kappa shape index (κ3) is 3.02. The Morgan fingerprint density at radius 1 is 1.32 bits per heavy atom. The number of aromatic nitrogens is 4. The smallest absolute Gasteiger partial charge is 0.270 e. The van der Waals surface area contributed by atoms with Gasteiger partial charge < -0.3 is 5.32 Å². The minimum absolute atomic E-state index is 0.171. The normalized spacial score (nSPS) is 16.0. The molecule has 3 heterocycles. The lowest BCUT2D eigenvalue weighted by atomic mass is 9.98. The van der Waals surface area contributed by atoms with Crippen molar-refractivity contribution in [2.75, 3.05) is 18.4 Å². The molecule has 0 spiro atoms. The van der Waals surface area contributed by atoms with E-state index in [0.29, 0.717) is 16.7 Å². The van der Waals surface area contributed by atoms with E-state index in [-0.39, 0.29) is 5.91 Å². The SMILES string of the molecule is Cc1nc(C)c(C(=O)Nc2nc(C3CCNCC3)nn2C)s1. The molecule has 2 aromatic heterocycles. The molecule has 0 unspecified atom stereocenters. The number of hydrogen-bond acceptors (Lipinski definition) is 6. The van der Waals surface area contributed by atoms with Gasteiger partial charge in [-0.05, 0) is 39.8 Å². The van der Waals surface area contributed by atoms with Crippen molar-refractivity contribution in [2.24, 2.45) is 7.05 Å². The molecular weight excluding hydrogens is 300 g/mol. The van der Waals surface area contributed by atoms with Crippen LogP contribution in [0.2, 0.25) is 0 Å². The van der Waals surface area contributed by atoms with Crippen LogP contribution in [-0.2, 0) is 7.05 Å². The maximum atomic E-state index is 12.4. The van der Waals surface area contributed by atoms with Crippen molar-refractivity contribution in [3.8, 4) is 0 Å². The summed E-state index contributed by atoms with van der Waals surface area (Å²) >= 11 is 1.39. The fourth-order valence-corrected chi connectivity index (χ4v) is 3.48. The molecule has 22 heavy (non-hydrogen) atoms. The number of piperidine rings is 1. The van der Waals surface area contributed by atoms with E-state index >= 15 is 0 Å². The number of carbonyl (C=O) groups is 1. The first-order valence-corrected chi connectivity index (χ1v) is 8.23. The summed E-state index contributed by atoms with van der Waals surface area (Å²) in [5, 5.41) is 11.5. The summed E-state index contributed by atoms with van der Waals surface area (Å²) in [4.78, 5) is 21.8. The maximum absolute atomic E-state index is 12.4. The molecule has 0 saturated carbocycles. The molecule has 1 aliphatic rings. The topological polar surface area (TPSA) is 84.7 Å². The Morgan fingerprint density at radius 3 is 2.68 bits per heavy atom. The highest BCUT2D eigenvalue weighted by molar-refractivity contribution is 7.13. The molecule has 1 saturated heterocycles. The van der Waals surface area contributed by atoms with Crippen molar-refractivity contribution in [2.45, 2.75) is 32.6 Å². The summed E-state index contributed by atoms with van der Waals surface area (Å²) < 4.78 is 1.64. The number of nitrogens with zero attached hydrogens (tertiary/aromatic N) is 4. The molecule has 7 nitrogen and oxygen atoms in total. The molecule has 3 rings (SSSR count). The largest absolute Gasteiger partial charge is 0.317 e. The quantitative estimate of drug-likeness (QED) is 0.897. The summed E-state index contributed by atoms with van der Waals surface area (Å²) in [6, 6.07) is 0. The molecule has 0 radical (unpaired) electrons. The first-order valence-electron chi connectivity index (χ1n) is 7.41. The molecule has 2 aromatic rings. The van der Waals surface area contributed by atoms with Gasteiger partial charge in [-0.15, -0.1) is 11.3 Å². The van der Waals surface area contributed by atoms with Gasteiger partial charge in [-0.2, -0.15) is 10.1 Å². The predicted molar refractivity (Wildman–Crippen MR) is 85.4 cm³/mol. The van der Waals surface area contributed by atoms with Gasteiger partial charge in [-0.25, -0.2) is 9.67 Å². The summed E-state index contributed by atoms with van der Waals surface area (Å²) in [7, 11) is 1.80. The second-order valence-corrected chi connectivity index (χ2v) is 6.75. The zero-order chi connectivity index (χ0) is 15.7. The second kappa shape index (κ2) is 6.13. The van der Waals surface area contributed by atoms with E-state index in [1.54, 1.807) is 11.7 Å². The fraction of sp³-hybridized carbons (Fsp3) is 0.571. The van der Waals surface area contributed by atoms with Crippen LogP contribution < -0.4 is 10.6 Å². The third-order valence-corrected chi connectivity index (χ3v) is 4.89. The van der Waals surface area contributed by atoms with Crippen molar-refractivity contribution >= 4 is 23.2 Å². The van der Waals surface area contributed by atoms with Gasteiger partial charge in [0.2, 0.25) is 5.95 Å². The van der Waals surface area contributed by atoms with Gasteiger partial charge >= 0.3 is 0 Å². The molecular formula is C14H20N6OS. The molecule has 1 aliphatic heterocycles. The standard InChI is InChI=1S/C14H20N6OS/c1-8-11(22-9(2)16-8)13(21)18-14-17-12(19-20(14)3)10-4-6-15-7-5-10/h10,15H,4-7H2,1-3H3,(H,17,18,19,21). The van der Waals surface area contributed by atoms with Crippen LogP contribution in [0, 0.1) is 13.8 Å². The van der Waals surface area contributed by atoms with E-state index in [1.165, 1.54) is 11.3 Å². The number of thiazole rings is 1. The maximum Gasteiger partial charge on any atom is 0.270 e. The van der Waals surface area contributed by atoms with Crippen LogP contribution >= 0.6 is 11.3 Å². The highest BCUT2D eigenvalue weighted by Crippen LogP contribution is 2.24. The monoisotopic (exact) mass is 320 g/mol. The Kier molecular flexibility index (Phi) is 4.21. The van der Waals surface area contributed by atoms with Crippen LogP contribution in [0.25, 0.3) is 0 Å². The van der Waals surface area contributed by atoms with Gasteiger partial charge in [-0.3, -0.25) is 10.1 Å². The van der Waals surface area contributed by atoms with Gasteiger partial charge in [-0.1, -0.05) is 0 Å². The van der Waals surface area contributed by atoms with Crippen LogP contribution in [-0.4, -0.2) is 38.7 Å². The highest BCUT2D eigenvalue weighted by atomic mass is 32.1. The molecule has 2 N–H and O–H groups in total. The van der Waals surface area contributed by atoms with Crippen molar-refractivity contribution in [3.63, 3.8) is 0 Å². The highest BCUT2D eigenvalue weighted by Gasteiger charge is 2.22. The molecule has 118 valence electrons. The Balaban J connectivity index is 1.76. The molecule has 0 bridgehead atoms. The number of nitrogens with one attached hydrogen (secondary N) is 2. The van der Waals surface area contributed by atoms with Crippen LogP contribution in [0.15, 0.2) is 0 Å². The molecule has 0 atom stereocenters. The van der Waals surface area contributed by atoms with E-state index in [0.717, 1.165) is 42.5 Å². The Hall–Kier alpha value is -1.80. The van der Waals surface area contributed by atoms with Crippen molar-refractivity contribution < 1.29 is 4.79 Å². The van der Waals surface area contributed by atoms with E-state index in [1.807, 2.05) is 13.8 Å². The first kappa shape index (κ1) is 15.1. The lowest BCUT2D eigenvalue weighted by Crippen LogP contribution is -2.27. The Labute approximate surface area is 133 Å². The number of anilines is 1. The summed E-state index contributed by atoms with van der Waals surface area (Å²) in [5.41, 5.74) is 0.751. The third-order valence-electron chi connectivity index (χ3n) is 3.82. The fourth-order valence-electron chi connectivity index (χ4n) is 2.67. The molecule has 1 fully saturated rings. The van der Waals surface area contributed by atoms with Gasteiger partial charge in [0.1, 0.15) is 4.88 Å². The minimum Gasteiger partial charge on any atom is -0.317 e. The van der Waals surface area contributed by atoms with Crippen LogP contribution in [0.5, 0.6) is 0 Å². The Bertz CT molecular complexity index is 686. The number of rotatable bonds is 3. The van der Waals surface area contributed by atoms with E-state index < -0.39 is 0 Å². The zero-order valence-electron chi connectivity index (χ0n) is 13.0. The first-order chi connectivity index (χ1) is 10.5. The summed E-state index contributed by atoms with van der Waals surface area (Å²) in [6.07, 6.45) is 2.06. The number of aryl methyl sites for hydroxylation is 3. The number of amides is 1.